The van der Waals surface area contributed by atoms with Crippen LogP contribution in [0, 0.1) is 0 Å². The number of likely N-dealkylation sites (tertiary alicyclic amines) is 1. The molecule has 0 aromatic carbocycles. The molecular weight excluding hydrogens is 294 g/mol. The molecular formula is C16H21N5O2. The molecule has 1 N–H and O–H groups in total. The van der Waals surface area contributed by atoms with Gasteiger partial charge in [-0.25, -0.2) is 0 Å². The van der Waals surface area contributed by atoms with Crippen molar-refractivity contribution in [1.29, 1.82) is 0 Å². The molecule has 0 bridgehead atoms. The molecule has 1 aliphatic carbocycles. The Hall–Kier alpha value is -2.18. The molecule has 1 saturated carbocycles. The highest BCUT2D eigenvalue weighted by molar-refractivity contribution is 5.92. The van der Waals surface area contributed by atoms with Crippen LogP contribution < -0.4 is 0 Å². The first-order valence-electron chi connectivity index (χ1n) is 8.45. The smallest absolute Gasteiger partial charge is 0.274 e. The summed E-state index contributed by atoms with van der Waals surface area (Å²) in [6, 6.07) is 1.76. The van der Waals surface area contributed by atoms with Gasteiger partial charge in [0.25, 0.3) is 5.91 Å². The van der Waals surface area contributed by atoms with E-state index in [1.807, 2.05) is 11.0 Å². The molecule has 2 aromatic heterocycles. The maximum Gasteiger partial charge on any atom is 0.274 e. The van der Waals surface area contributed by atoms with Crippen molar-refractivity contribution in [2.75, 3.05) is 6.54 Å². The Labute approximate surface area is 134 Å². The Bertz CT molecular complexity index is 703. The summed E-state index contributed by atoms with van der Waals surface area (Å²) in [5.74, 6) is 1.75. The molecule has 2 aromatic rings. The Morgan fingerprint density at radius 3 is 3.09 bits per heavy atom. The zero-order chi connectivity index (χ0) is 15.8. The summed E-state index contributed by atoms with van der Waals surface area (Å²) in [4.78, 5) is 19.1. The van der Waals surface area contributed by atoms with Crippen molar-refractivity contribution in [1.82, 2.24) is 25.2 Å². The van der Waals surface area contributed by atoms with E-state index in [4.69, 9.17) is 4.52 Å². The van der Waals surface area contributed by atoms with E-state index in [-0.39, 0.29) is 11.9 Å². The number of nitrogens with one attached hydrogen (secondary N) is 1. The van der Waals surface area contributed by atoms with Gasteiger partial charge >= 0.3 is 0 Å². The van der Waals surface area contributed by atoms with Crippen molar-refractivity contribution in [3.8, 4) is 0 Å². The monoisotopic (exact) mass is 315 g/mol. The SMILES string of the molecule is CCCc1cc(C(=O)N2CCCC2c2noc(C3CC3)n2)n[nH]1. The molecule has 7 heteroatoms. The molecule has 0 spiro atoms. The van der Waals surface area contributed by atoms with Gasteiger partial charge < -0.3 is 9.42 Å². The number of carbonyl (C=O) groups is 1. The number of hydrogen-bond acceptors (Lipinski definition) is 5. The first-order chi connectivity index (χ1) is 11.3. The fourth-order valence-electron chi connectivity index (χ4n) is 3.17. The minimum Gasteiger partial charge on any atom is -0.339 e. The molecule has 1 atom stereocenters. The van der Waals surface area contributed by atoms with E-state index in [0.717, 1.165) is 50.1 Å². The highest BCUT2D eigenvalue weighted by Gasteiger charge is 2.36. The van der Waals surface area contributed by atoms with Gasteiger partial charge in [-0.15, -0.1) is 0 Å². The molecule has 1 unspecified atom stereocenters. The van der Waals surface area contributed by atoms with Crippen molar-refractivity contribution < 1.29 is 9.32 Å². The van der Waals surface area contributed by atoms with E-state index >= 15 is 0 Å². The molecule has 7 nitrogen and oxygen atoms in total. The fourth-order valence-corrected chi connectivity index (χ4v) is 3.17. The van der Waals surface area contributed by atoms with E-state index in [1.165, 1.54) is 0 Å². The minimum absolute atomic E-state index is 0.0520. The summed E-state index contributed by atoms with van der Waals surface area (Å²) in [5, 5.41) is 11.2. The molecule has 4 rings (SSSR count). The van der Waals surface area contributed by atoms with E-state index in [2.05, 4.69) is 27.3 Å². The highest BCUT2D eigenvalue weighted by atomic mass is 16.5. The zero-order valence-electron chi connectivity index (χ0n) is 13.3. The van der Waals surface area contributed by atoms with Crippen LogP contribution in [0.2, 0.25) is 0 Å². The van der Waals surface area contributed by atoms with Gasteiger partial charge in [-0.05, 0) is 38.2 Å². The number of hydrogen-bond donors (Lipinski definition) is 1. The number of amides is 1. The number of nitrogens with zero attached hydrogens (tertiary/aromatic N) is 4. The highest BCUT2D eigenvalue weighted by Crippen LogP contribution is 2.40. The maximum absolute atomic E-state index is 12.8. The predicted molar refractivity (Wildman–Crippen MR) is 81.9 cm³/mol. The lowest BCUT2D eigenvalue weighted by atomic mass is 10.2. The van der Waals surface area contributed by atoms with Crippen LogP contribution in [-0.4, -0.2) is 37.7 Å². The molecule has 122 valence electrons. The molecule has 1 aliphatic heterocycles. The molecule has 0 radical (unpaired) electrons. The van der Waals surface area contributed by atoms with Gasteiger partial charge in [0.1, 0.15) is 5.69 Å². The van der Waals surface area contributed by atoms with Crippen LogP contribution >= 0.6 is 0 Å². The average Bonchev–Trinajstić information content (AvgIpc) is 2.99. The normalized spacial score (nSPS) is 21.1. The number of carbonyl (C=O) groups excluding carboxylic acids is 1. The van der Waals surface area contributed by atoms with Gasteiger partial charge in [-0.1, -0.05) is 18.5 Å². The van der Waals surface area contributed by atoms with Crippen LogP contribution in [-0.2, 0) is 6.42 Å². The molecule has 2 aliphatic rings. The first-order valence-corrected chi connectivity index (χ1v) is 8.45. The van der Waals surface area contributed by atoms with E-state index in [9.17, 15) is 4.79 Å². The average molecular weight is 315 g/mol. The second-order valence-electron chi connectivity index (χ2n) is 6.45. The van der Waals surface area contributed by atoms with Crippen LogP contribution in [0.4, 0.5) is 0 Å². The van der Waals surface area contributed by atoms with Crippen molar-refractivity contribution >= 4 is 5.91 Å². The van der Waals surface area contributed by atoms with Crippen LogP contribution in [0.15, 0.2) is 10.6 Å². The van der Waals surface area contributed by atoms with Crippen LogP contribution in [0.1, 0.15) is 78.9 Å². The predicted octanol–water partition coefficient (Wildman–Crippen LogP) is 2.60. The van der Waals surface area contributed by atoms with Gasteiger partial charge in [0.05, 0.1) is 6.04 Å². The summed E-state index contributed by atoms with van der Waals surface area (Å²) in [6.45, 7) is 2.82. The first kappa shape index (κ1) is 14.4. The number of H-pyrrole nitrogens is 1. The van der Waals surface area contributed by atoms with Crippen molar-refractivity contribution in [3.05, 3.63) is 29.2 Å². The third-order valence-corrected chi connectivity index (χ3v) is 4.57. The summed E-state index contributed by atoms with van der Waals surface area (Å²) < 4.78 is 5.35. The lowest BCUT2D eigenvalue weighted by Gasteiger charge is -2.20. The Morgan fingerprint density at radius 2 is 2.30 bits per heavy atom. The lowest BCUT2D eigenvalue weighted by Crippen LogP contribution is -2.31. The van der Waals surface area contributed by atoms with E-state index in [0.29, 0.717) is 24.0 Å². The van der Waals surface area contributed by atoms with Gasteiger partial charge in [0, 0.05) is 18.2 Å². The summed E-state index contributed by atoms with van der Waals surface area (Å²) in [5.41, 5.74) is 1.48. The van der Waals surface area contributed by atoms with Crippen molar-refractivity contribution in [2.45, 2.75) is 57.4 Å². The Balaban J connectivity index is 1.52. The Morgan fingerprint density at radius 1 is 1.43 bits per heavy atom. The van der Waals surface area contributed by atoms with Crippen LogP contribution in [0.3, 0.4) is 0 Å². The standard InChI is InChI=1S/C16H21N5O2/c1-2-4-11-9-12(19-18-11)16(22)21-8-3-5-13(21)14-17-15(23-20-14)10-6-7-10/h9-10,13H,2-8H2,1H3,(H,18,19). The van der Waals surface area contributed by atoms with Crippen molar-refractivity contribution in [2.24, 2.45) is 0 Å². The number of rotatable bonds is 5. The molecule has 1 saturated heterocycles. The second kappa shape index (κ2) is 5.79. The lowest BCUT2D eigenvalue weighted by molar-refractivity contribution is 0.0722. The zero-order valence-corrected chi connectivity index (χ0v) is 13.3. The Kier molecular flexibility index (Phi) is 3.63. The van der Waals surface area contributed by atoms with Crippen molar-refractivity contribution in [3.63, 3.8) is 0 Å². The van der Waals surface area contributed by atoms with E-state index < -0.39 is 0 Å². The van der Waals surface area contributed by atoms with Gasteiger partial charge in [-0.2, -0.15) is 10.1 Å². The fraction of sp³-hybridized carbons (Fsp3) is 0.625. The van der Waals surface area contributed by atoms with E-state index in [1.54, 1.807) is 0 Å². The summed E-state index contributed by atoms with van der Waals surface area (Å²) >= 11 is 0. The third-order valence-electron chi connectivity index (χ3n) is 4.57. The second-order valence-corrected chi connectivity index (χ2v) is 6.45. The van der Waals surface area contributed by atoms with Gasteiger partial charge in [0.15, 0.2) is 5.82 Å². The quantitative estimate of drug-likeness (QED) is 0.916. The molecule has 2 fully saturated rings. The molecule has 23 heavy (non-hydrogen) atoms. The number of aromatic amines is 1. The van der Waals surface area contributed by atoms with Gasteiger partial charge in [-0.3, -0.25) is 9.89 Å². The number of aryl methyl sites for hydroxylation is 1. The topological polar surface area (TPSA) is 87.9 Å². The van der Waals surface area contributed by atoms with Crippen LogP contribution in [0.25, 0.3) is 0 Å². The molecule has 3 heterocycles. The minimum atomic E-state index is -0.0925. The summed E-state index contributed by atoms with van der Waals surface area (Å²) in [7, 11) is 0. The summed E-state index contributed by atoms with van der Waals surface area (Å²) in [6.07, 6.45) is 6.01. The van der Waals surface area contributed by atoms with Gasteiger partial charge in [0.2, 0.25) is 5.89 Å². The largest absolute Gasteiger partial charge is 0.339 e. The third kappa shape index (κ3) is 2.75. The molecule has 1 amide bonds. The maximum atomic E-state index is 12.8. The number of aromatic nitrogens is 4. The van der Waals surface area contributed by atoms with Crippen LogP contribution in [0.5, 0.6) is 0 Å².